The molecule has 0 saturated heterocycles. The highest BCUT2D eigenvalue weighted by atomic mass is 19.4. The van der Waals surface area contributed by atoms with Crippen molar-refractivity contribution < 1.29 is 36.2 Å². The molecule has 0 unspecified atom stereocenters. The van der Waals surface area contributed by atoms with Crippen molar-refractivity contribution in [3.63, 3.8) is 0 Å². The normalized spacial score (nSPS) is 12.6. The van der Waals surface area contributed by atoms with Crippen molar-refractivity contribution in [1.29, 1.82) is 0 Å². The number of hydrogen-bond acceptors (Lipinski definition) is 6. The summed E-state index contributed by atoms with van der Waals surface area (Å²) in [6, 6.07) is 16.4. The Morgan fingerprint density at radius 1 is 0.923 bits per heavy atom. The average Bonchev–Trinajstić information content (AvgIpc) is 3.57. The molecule has 0 radical (unpaired) electrons. The molecule has 1 aliphatic rings. The predicted molar refractivity (Wildman–Crippen MR) is 131 cm³/mol. The Labute approximate surface area is 221 Å². The molecule has 7 nitrogen and oxygen atoms in total. The van der Waals surface area contributed by atoms with Crippen LogP contribution in [0.1, 0.15) is 38.6 Å². The lowest BCUT2D eigenvalue weighted by Gasteiger charge is -2.23. The molecule has 202 valence electrons. The van der Waals surface area contributed by atoms with Crippen molar-refractivity contribution in [1.82, 2.24) is 15.2 Å². The van der Waals surface area contributed by atoms with Crippen LogP contribution >= 0.6 is 0 Å². The molecule has 1 aromatic heterocycles. The third-order valence-corrected chi connectivity index (χ3v) is 6.07. The molecular formula is C28H23F4N3O4. The van der Waals surface area contributed by atoms with Crippen LogP contribution < -0.4 is 14.8 Å². The van der Waals surface area contributed by atoms with Gasteiger partial charge in [-0.05, 0) is 47.0 Å². The Balaban J connectivity index is 1.32. The number of fused-ring (bicyclic) bond motifs is 1. The molecule has 3 aromatic carbocycles. The lowest BCUT2D eigenvalue weighted by atomic mass is 10.1. The van der Waals surface area contributed by atoms with Crippen LogP contribution in [-0.2, 0) is 32.4 Å². The van der Waals surface area contributed by atoms with E-state index in [0.29, 0.717) is 17.1 Å². The lowest BCUT2D eigenvalue weighted by molar-refractivity contribution is -0.138. The van der Waals surface area contributed by atoms with Gasteiger partial charge in [0.1, 0.15) is 12.1 Å². The van der Waals surface area contributed by atoms with Gasteiger partial charge in [0.2, 0.25) is 12.7 Å². The van der Waals surface area contributed by atoms with E-state index in [-0.39, 0.29) is 55.9 Å². The van der Waals surface area contributed by atoms with Gasteiger partial charge in [0.05, 0.1) is 12.1 Å². The summed E-state index contributed by atoms with van der Waals surface area (Å²) in [6.07, 6.45) is -3.32. The number of halogens is 4. The van der Waals surface area contributed by atoms with E-state index in [1.807, 2.05) is 0 Å². The highest BCUT2D eigenvalue weighted by molar-refractivity contribution is 5.91. The van der Waals surface area contributed by atoms with Gasteiger partial charge in [0.15, 0.2) is 17.2 Å². The molecule has 1 amide bonds. The Hall–Kier alpha value is -4.38. The summed E-state index contributed by atoms with van der Waals surface area (Å²) < 4.78 is 70.4. The predicted octanol–water partition coefficient (Wildman–Crippen LogP) is 5.69. The standard InChI is InChI=1S/C28H23F4N3O4/c29-21-8-5-18(6-9-21)12-33-27(36)23-16-37-26(34-23)15-35(13-19-7-10-24-25(11-19)39-17-38-24)14-20-3-1-2-4-22(20)28(30,31)32/h1-11,16H,12-15,17H2,(H,33,36). The zero-order valence-electron chi connectivity index (χ0n) is 20.5. The van der Waals surface area contributed by atoms with Gasteiger partial charge in [-0.2, -0.15) is 13.2 Å². The Kier molecular flexibility index (Phi) is 7.51. The second-order valence-electron chi connectivity index (χ2n) is 8.92. The maximum absolute atomic E-state index is 13.7. The van der Waals surface area contributed by atoms with Crippen LogP contribution in [-0.4, -0.2) is 22.6 Å². The van der Waals surface area contributed by atoms with E-state index in [9.17, 15) is 22.4 Å². The fourth-order valence-electron chi connectivity index (χ4n) is 4.20. The van der Waals surface area contributed by atoms with Gasteiger partial charge >= 0.3 is 6.18 Å². The molecule has 4 aromatic rings. The summed E-state index contributed by atoms with van der Waals surface area (Å²) in [5, 5.41) is 2.68. The topological polar surface area (TPSA) is 76.8 Å². The fraction of sp³-hybridized carbons (Fsp3) is 0.214. The van der Waals surface area contributed by atoms with Gasteiger partial charge in [-0.25, -0.2) is 9.37 Å². The molecule has 2 heterocycles. The summed E-state index contributed by atoms with van der Waals surface area (Å²) in [5.41, 5.74) is 0.869. The highest BCUT2D eigenvalue weighted by Gasteiger charge is 2.33. The Morgan fingerprint density at radius 2 is 1.67 bits per heavy atom. The summed E-state index contributed by atoms with van der Waals surface area (Å²) in [7, 11) is 0. The van der Waals surface area contributed by atoms with Gasteiger partial charge < -0.3 is 19.2 Å². The van der Waals surface area contributed by atoms with Crippen molar-refractivity contribution in [3.05, 3.63) is 113 Å². The maximum atomic E-state index is 13.7. The lowest BCUT2D eigenvalue weighted by Crippen LogP contribution is -2.25. The zero-order chi connectivity index (χ0) is 27.4. The molecule has 1 N–H and O–H groups in total. The van der Waals surface area contributed by atoms with Gasteiger partial charge in [-0.15, -0.1) is 0 Å². The number of nitrogens with zero attached hydrogens (tertiary/aromatic N) is 2. The molecule has 0 aliphatic carbocycles. The number of benzene rings is 3. The summed E-state index contributed by atoms with van der Waals surface area (Å²) >= 11 is 0. The van der Waals surface area contributed by atoms with E-state index in [1.54, 1.807) is 41.3 Å². The second kappa shape index (κ2) is 11.2. The number of carbonyl (C=O) groups excluding carboxylic acids is 1. The van der Waals surface area contributed by atoms with Gasteiger partial charge in [0.25, 0.3) is 5.91 Å². The number of carbonyl (C=O) groups is 1. The minimum absolute atomic E-state index is 0.0193. The monoisotopic (exact) mass is 541 g/mol. The minimum Gasteiger partial charge on any atom is -0.454 e. The number of ether oxygens (including phenoxy) is 2. The second-order valence-corrected chi connectivity index (χ2v) is 8.92. The molecule has 0 spiro atoms. The Bertz CT molecular complexity index is 1450. The third kappa shape index (κ3) is 6.55. The minimum atomic E-state index is -4.51. The van der Waals surface area contributed by atoms with Gasteiger partial charge in [-0.1, -0.05) is 36.4 Å². The molecule has 39 heavy (non-hydrogen) atoms. The van der Waals surface area contributed by atoms with E-state index in [0.717, 1.165) is 11.6 Å². The van der Waals surface area contributed by atoms with Gasteiger partial charge in [-0.3, -0.25) is 9.69 Å². The van der Waals surface area contributed by atoms with E-state index < -0.39 is 17.6 Å². The number of alkyl halides is 3. The molecule has 0 bridgehead atoms. The molecular weight excluding hydrogens is 518 g/mol. The van der Waals surface area contributed by atoms with Crippen molar-refractivity contribution >= 4 is 5.91 Å². The molecule has 0 fully saturated rings. The average molecular weight is 542 g/mol. The first-order valence-corrected chi connectivity index (χ1v) is 12.0. The molecule has 0 saturated carbocycles. The first-order valence-electron chi connectivity index (χ1n) is 12.0. The van der Waals surface area contributed by atoms with Crippen LogP contribution in [0.3, 0.4) is 0 Å². The van der Waals surface area contributed by atoms with Crippen LogP contribution in [0.5, 0.6) is 11.5 Å². The van der Waals surface area contributed by atoms with Crippen LogP contribution in [0.2, 0.25) is 0 Å². The molecule has 1 aliphatic heterocycles. The molecule has 5 rings (SSSR count). The quantitative estimate of drug-likeness (QED) is 0.274. The SMILES string of the molecule is O=C(NCc1ccc(F)cc1)c1coc(CN(Cc2ccc3c(c2)OCO3)Cc2ccccc2C(F)(F)F)n1. The molecule has 0 atom stereocenters. The summed E-state index contributed by atoms with van der Waals surface area (Å²) in [5.74, 6) is 0.427. The number of nitrogens with one attached hydrogen (secondary N) is 1. The van der Waals surface area contributed by atoms with Crippen molar-refractivity contribution in [2.45, 2.75) is 32.4 Å². The number of oxazole rings is 1. The number of rotatable bonds is 9. The van der Waals surface area contributed by atoms with Crippen molar-refractivity contribution in [3.8, 4) is 11.5 Å². The van der Waals surface area contributed by atoms with E-state index >= 15 is 0 Å². The smallest absolute Gasteiger partial charge is 0.416 e. The van der Waals surface area contributed by atoms with Crippen LogP contribution in [0.25, 0.3) is 0 Å². The number of aromatic nitrogens is 1. The van der Waals surface area contributed by atoms with Crippen molar-refractivity contribution in [2.75, 3.05) is 6.79 Å². The third-order valence-electron chi connectivity index (χ3n) is 6.07. The first-order chi connectivity index (χ1) is 18.7. The first kappa shape index (κ1) is 26.2. The molecule has 11 heteroatoms. The van der Waals surface area contributed by atoms with Crippen molar-refractivity contribution in [2.24, 2.45) is 0 Å². The number of amides is 1. The van der Waals surface area contributed by atoms with Crippen LogP contribution in [0.4, 0.5) is 17.6 Å². The van der Waals surface area contributed by atoms with Gasteiger partial charge in [0, 0.05) is 19.6 Å². The number of hydrogen-bond donors (Lipinski definition) is 1. The maximum Gasteiger partial charge on any atom is 0.416 e. The zero-order valence-corrected chi connectivity index (χ0v) is 20.5. The van der Waals surface area contributed by atoms with E-state index in [2.05, 4.69) is 10.3 Å². The van der Waals surface area contributed by atoms with E-state index in [1.165, 1.54) is 30.5 Å². The largest absolute Gasteiger partial charge is 0.454 e. The van der Waals surface area contributed by atoms with Crippen LogP contribution in [0, 0.1) is 5.82 Å². The fourth-order valence-corrected chi connectivity index (χ4v) is 4.20. The Morgan fingerprint density at radius 3 is 2.46 bits per heavy atom. The van der Waals surface area contributed by atoms with E-state index in [4.69, 9.17) is 13.9 Å². The van der Waals surface area contributed by atoms with Crippen LogP contribution in [0.15, 0.2) is 77.4 Å². The summed E-state index contributed by atoms with van der Waals surface area (Å²) in [4.78, 5) is 18.5. The summed E-state index contributed by atoms with van der Waals surface area (Å²) in [6.45, 7) is 0.483. The highest BCUT2D eigenvalue weighted by Crippen LogP contribution is 2.34.